The van der Waals surface area contributed by atoms with Crippen LogP contribution in [-0.2, 0) is 9.53 Å². The van der Waals surface area contributed by atoms with E-state index in [-0.39, 0.29) is 0 Å². The highest BCUT2D eigenvalue weighted by Crippen LogP contribution is 2.47. The molecule has 1 amide bonds. The Hall–Kier alpha value is -1.78. The van der Waals surface area contributed by atoms with Crippen LogP contribution in [0.3, 0.4) is 0 Å². The summed E-state index contributed by atoms with van der Waals surface area (Å²) in [7, 11) is 0. The molecule has 1 fully saturated rings. The average Bonchev–Trinajstić information content (AvgIpc) is 2.88. The third-order valence-corrected chi connectivity index (χ3v) is 3.24. The second kappa shape index (κ2) is 5.31. The lowest BCUT2D eigenvalue weighted by molar-refractivity contribution is -0.110. The van der Waals surface area contributed by atoms with E-state index in [4.69, 9.17) is 9.15 Å². The predicted octanol–water partition coefficient (Wildman–Crippen LogP) is 3.17. The van der Waals surface area contributed by atoms with E-state index >= 15 is 0 Å². The number of nitrogens with one attached hydrogen (secondary N) is 1. The molecular formula is C15H21NO4. The van der Waals surface area contributed by atoms with Gasteiger partial charge in [-0.3, -0.25) is 0 Å². The Bertz CT molecular complexity index is 500. The Morgan fingerprint density at radius 3 is 2.65 bits per heavy atom. The van der Waals surface area contributed by atoms with Crippen LogP contribution in [0.1, 0.15) is 57.6 Å². The molecule has 0 radical (unpaired) electrons. The SMILES string of the molecule is CC1CC1c1ccc(C(C=O)NC(=O)OC(C)(C)C)o1. The molecule has 5 nitrogen and oxygen atoms in total. The second-order valence-corrected chi connectivity index (χ2v) is 6.32. The van der Waals surface area contributed by atoms with Crippen molar-refractivity contribution in [2.24, 2.45) is 5.92 Å². The van der Waals surface area contributed by atoms with E-state index in [0.717, 1.165) is 12.2 Å². The number of hydrogen-bond donors (Lipinski definition) is 1. The molecule has 0 bridgehead atoms. The fourth-order valence-corrected chi connectivity index (χ4v) is 2.06. The van der Waals surface area contributed by atoms with E-state index in [0.29, 0.717) is 23.9 Å². The third kappa shape index (κ3) is 3.62. The van der Waals surface area contributed by atoms with Crippen molar-refractivity contribution >= 4 is 12.4 Å². The third-order valence-electron chi connectivity index (χ3n) is 3.24. The summed E-state index contributed by atoms with van der Waals surface area (Å²) in [4.78, 5) is 22.8. The van der Waals surface area contributed by atoms with Crippen molar-refractivity contribution < 1.29 is 18.7 Å². The minimum atomic E-state index is -0.812. The first-order chi connectivity index (χ1) is 9.30. The highest BCUT2D eigenvalue weighted by molar-refractivity contribution is 5.74. The summed E-state index contributed by atoms with van der Waals surface area (Å²) >= 11 is 0. The molecule has 0 spiro atoms. The van der Waals surface area contributed by atoms with Gasteiger partial charge in [0.25, 0.3) is 0 Å². The van der Waals surface area contributed by atoms with Crippen LogP contribution in [0.5, 0.6) is 0 Å². The number of hydrogen-bond acceptors (Lipinski definition) is 4. The minimum absolute atomic E-state index is 0.442. The summed E-state index contributed by atoms with van der Waals surface area (Å²) in [6.07, 6.45) is 1.12. The smallest absolute Gasteiger partial charge is 0.408 e. The molecule has 1 N–H and O–H groups in total. The summed E-state index contributed by atoms with van der Waals surface area (Å²) in [5.41, 5.74) is -0.602. The number of carbonyl (C=O) groups excluding carboxylic acids is 2. The zero-order chi connectivity index (χ0) is 14.9. The molecule has 1 aliphatic carbocycles. The predicted molar refractivity (Wildman–Crippen MR) is 73.4 cm³/mol. The standard InChI is InChI=1S/C15H21NO4/c1-9-7-10(9)12-5-6-13(19-12)11(8-17)16-14(18)20-15(2,3)4/h5-6,8-11H,7H2,1-4H3,(H,16,18). The quantitative estimate of drug-likeness (QED) is 0.859. The minimum Gasteiger partial charge on any atom is -0.463 e. The van der Waals surface area contributed by atoms with Gasteiger partial charge in [0.15, 0.2) is 0 Å². The van der Waals surface area contributed by atoms with E-state index < -0.39 is 17.7 Å². The molecule has 5 heteroatoms. The van der Waals surface area contributed by atoms with Gasteiger partial charge in [-0.1, -0.05) is 6.92 Å². The number of rotatable bonds is 4. The van der Waals surface area contributed by atoms with Crippen LogP contribution in [0.2, 0.25) is 0 Å². The second-order valence-electron chi connectivity index (χ2n) is 6.32. The summed E-state index contributed by atoms with van der Waals surface area (Å²) in [5, 5.41) is 2.50. The Morgan fingerprint density at radius 1 is 1.50 bits per heavy atom. The van der Waals surface area contributed by atoms with Crippen molar-refractivity contribution in [2.75, 3.05) is 0 Å². The molecule has 1 aromatic heterocycles. The van der Waals surface area contributed by atoms with Crippen LogP contribution in [-0.4, -0.2) is 18.0 Å². The Labute approximate surface area is 118 Å². The lowest BCUT2D eigenvalue weighted by atomic mass is 10.2. The van der Waals surface area contributed by atoms with E-state index in [2.05, 4.69) is 12.2 Å². The van der Waals surface area contributed by atoms with Gasteiger partial charge in [0.05, 0.1) is 0 Å². The molecule has 3 unspecified atom stereocenters. The molecule has 3 atom stereocenters. The van der Waals surface area contributed by atoms with Crippen molar-refractivity contribution in [3.8, 4) is 0 Å². The van der Waals surface area contributed by atoms with Gasteiger partial charge < -0.3 is 19.3 Å². The highest BCUT2D eigenvalue weighted by Gasteiger charge is 2.37. The molecular weight excluding hydrogens is 258 g/mol. The van der Waals surface area contributed by atoms with Crippen molar-refractivity contribution in [1.29, 1.82) is 0 Å². The van der Waals surface area contributed by atoms with Crippen molar-refractivity contribution in [1.82, 2.24) is 5.32 Å². The zero-order valence-electron chi connectivity index (χ0n) is 12.3. The van der Waals surface area contributed by atoms with E-state index in [1.165, 1.54) is 0 Å². The summed E-state index contributed by atoms with van der Waals surface area (Å²) in [5.74, 6) is 2.39. The average molecular weight is 279 g/mol. The van der Waals surface area contributed by atoms with Gasteiger partial charge in [-0.2, -0.15) is 0 Å². The molecule has 0 saturated heterocycles. The lowest BCUT2D eigenvalue weighted by Gasteiger charge is -2.20. The molecule has 2 rings (SSSR count). The molecule has 1 saturated carbocycles. The van der Waals surface area contributed by atoms with Crippen molar-refractivity contribution in [3.63, 3.8) is 0 Å². The van der Waals surface area contributed by atoms with E-state index in [1.807, 2.05) is 6.07 Å². The maximum atomic E-state index is 11.7. The number of alkyl carbamates (subject to hydrolysis) is 1. The fraction of sp³-hybridized carbons (Fsp3) is 0.600. The molecule has 0 aromatic carbocycles. The van der Waals surface area contributed by atoms with Crippen LogP contribution in [0.15, 0.2) is 16.5 Å². The maximum Gasteiger partial charge on any atom is 0.408 e. The maximum absolute atomic E-state index is 11.7. The Balaban J connectivity index is 1.99. The number of carbonyl (C=O) groups is 2. The molecule has 110 valence electrons. The highest BCUT2D eigenvalue weighted by atomic mass is 16.6. The van der Waals surface area contributed by atoms with E-state index in [9.17, 15) is 9.59 Å². The fourth-order valence-electron chi connectivity index (χ4n) is 2.06. The Kier molecular flexibility index (Phi) is 3.88. The van der Waals surface area contributed by atoms with Gasteiger partial charge in [-0.25, -0.2) is 4.79 Å². The molecule has 0 aliphatic heterocycles. The van der Waals surface area contributed by atoms with Gasteiger partial charge >= 0.3 is 6.09 Å². The number of furan rings is 1. The Morgan fingerprint density at radius 2 is 2.15 bits per heavy atom. The van der Waals surface area contributed by atoms with Crippen LogP contribution in [0.4, 0.5) is 4.79 Å². The molecule has 1 aliphatic rings. The van der Waals surface area contributed by atoms with Gasteiger partial charge in [0.2, 0.25) is 0 Å². The van der Waals surface area contributed by atoms with Crippen LogP contribution in [0, 0.1) is 5.92 Å². The topological polar surface area (TPSA) is 68.5 Å². The normalized spacial score (nSPS) is 23.0. The summed E-state index contributed by atoms with van der Waals surface area (Å²) in [6, 6.07) is 2.79. The molecule has 20 heavy (non-hydrogen) atoms. The number of amides is 1. The van der Waals surface area contributed by atoms with Crippen molar-refractivity contribution in [3.05, 3.63) is 23.7 Å². The molecule has 1 heterocycles. The zero-order valence-corrected chi connectivity index (χ0v) is 12.3. The first-order valence-electron chi connectivity index (χ1n) is 6.84. The summed E-state index contributed by atoms with van der Waals surface area (Å²) < 4.78 is 10.8. The largest absolute Gasteiger partial charge is 0.463 e. The van der Waals surface area contributed by atoms with Gasteiger partial charge in [0, 0.05) is 5.92 Å². The van der Waals surface area contributed by atoms with Gasteiger partial charge in [0.1, 0.15) is 29.4 Å². The first-order valence-corrected chi connectivity index (χ1v) is 6.84. The van der Waals surface area contributed by atoms with Crippen LogP contribution in [0.25, 0.3) is 0 Å². The monoisotopic (exact) mass is 279 g/mol. The summed E-state index contributed by atoms with van der Waals surface area (Å²) in [6.45, 7) is 7.45. The number of aldehydes is 1. The number of ether oxygens (including phenoxy) is 1. The first kappa shape index (κ1) is 14.6. The van der Waals surface area contributed by atoms with Gasteiger partial charge in [-0.15, -0.1) is 0 Å². The van der Waals surface area contributed by atoms with Crippen molar-refractivity contribution in [2.45, 2.75) is 51.7 Å². The van der Waals surface area contributed by atoms with E-state index in [1.54, 1.807) is 26.8 Å². The molecule has 1 aromatic rings. The lowest BCUT2D eigenvalue weighted by Crippen LogP contribution is -2.35. The van der Waals surface area contributed by atoms with Crippen LogP contribution >= 0.6 is 0 Å². The van der Waals surface area contributed by atoms with Crippen LogP contribution < -0.4 is 5.32 Å². The van der Waals surface area contributed by atoms with Gasteiger partial charge in [-0.05, 0) is 45.2 Å².